The van der Waals surface area contributed by atoms with Gasteiger partial charge in [-0.05, 0) is 25.3 Å². The second-order valence-electron chi connectivity index (χ2n) is 4.14. The molecule has 1 aromatic carbocycles. The molecular formula is C12H13NO2. The standard InChI is InChI=1S/C12H13NO2/c1-12(2,15)10-7-13-11(14)9-6-4-3-5-8(9)10/h3-7,15H,1-2H3,(H,13,14). The fourth-order valence-electron chi connectivity index (χ4n) is 1.72. The molecule has 0 saturated heterocycles. The Balaban J connectivity index is 2.90. The van der Waals surface area contributed by atoms with Crippen molar-refractivity contribution in [2.24, 2.45) is 0 Å². The maximum atomic E-state index is 11.5. The van der Waals surface area contributed by atoms with E-state index in [1.165, 1.54) is 0 Å². The molecule has 2 N–H and O–H groups in total. The summed E-state index contributed by atoms with van der Waals surface area (Å²) < 4.78 is 0. The van der Waals surface area contributed by atoms with E-state index in [9.17, 15) is 9.90 Å². The average molecular weight is 203 g/mol. The van der Waals surface area contributed by atoms with Gasteiger partial charge < -0.3 is 10.1 Å². The molecule has 0 unspecified atom stereocenters. The fraction of sp³-hybridized carbons (Fsp3) is 0.250. The predicted molar refractivity (Wildman–Crippen MR) is 59.8 cm³/mol. The monoisotopic (exact) mass is 203 g/mol. The van der Waals surface area contributed by atoms with Gasteiger partial charge in [-0.1, -0.05) is 18.2 Å². The van der Waals surface area contributed by atoms with E-state index in [2.05, 4.69) is 4.98 Å². The van der Waals surface area contributed by atoms with Gasteiger partial charge in [0.15, 0.2) is 0 Å². The van der Waals surface area contributed by atoms with Crippen molar-refractivity contribution in [1.82, 2.24) is 4.98 Å². The molecular weight excluding hydrogens is 190 g/mol. The van der Waals surface area contributed by atoms with Crippen LogP contribution in [0, 0.1) is 0 Å². The van der Waals surface area contributed by atoms with Crippen molar-refractivity contribution in [2.45, 2.75) is 19.4 Å². The number of benzene rings is 1. The number of hydrogen-bond acceptors (Lipinski definition) is 2. The van der Waals surface area contributed by atoms with E-state index >= 15 is 0 Å². The van der Waals surface area contributed by atoms with Crippen LogP contribution in [-0.4, -0.2) is 10.1 Å². The largest absolute Gasteiger partial charge is 0.386 e. The Bertz CT molecular complexity index is 549. The summed E-state index contributed by atoms with van der Waals surface area (Å²) in [5.74, 6) is 0. The fourth-order valence-corrected chi connectivity index (χ4v) is 1.72. The lowest BCUT2D eigenvalue weighted by atomic mass is 9.95. The molecule has 0 spiro atoms. The van der Waals surface area contributed by atoms with Crippen LogP contribution in [0.4, 0.5) is 0 Å². The zero-order chi connectivity index (χ0) is 11.1. The van der Waals surface area contributed by atoms with E-state index in [-0.39, 0.29) is 5.56 Å². The lowest BCUT2D eigenvalue weighted by Crippen LogP contribution is -2.19. The molecule has 1 heterocycles. The van der Waals surface area contributed by atoms with Gasteiger partial charge in [-0.2, -0.15) is 0 Å². The highest BCUT2D eigenvalue weighted by atomic mass is 16.3. The third-order valence-electron chi connectivity index (χ3n) is 2.47. The van der Waals surface area contributed by atoms with Crippen LogP contribution in [0.1, 0.15) is 19.4 Å². The van der Waals surface area contributed by atoms with E-state index in [0.29, 0.717) is 5.39 Å². The summed E-state index contributed by atoms with van der Waals surface area (Å²) in [6.07, 6.45) is 1.57. The molecule has 0 aliphatic heterocycles. The van der Waals surface area contributed by atoms with Gasteiger partial charge >= 0.3 is 0 Å². The van der Waals surface area contributed by atoms with Gasteiger partial charge in [0.1, 0.15) is 0 Å². The summed E-state index contributed by atoms with van der Waals surface area (Å²) in [6.45, 7) is 3.40. The van der Waals surface area contributed by atoms with Crippen molar-refractivity contribution >= 4 is 10.8 Å². The first-order chi connectivity index (χ1) is 7.00. The smallest absolute Gasteiger partial charge is 0.255 e. The Morgan fingerprint density at radius 2 is 1.80 bits per heavy atom. The molecule has 2 rings (SSSR count). The summed E-state index contributed by atoms with van der Waals surface area (Å²) in [5, 5.41) is 11.4. The third-order valence-corrected chi connectivity index (χ3v) is 2.47. The number of fused-ring (bicyclic) bond motifs is 1. The highest BCUT2D eigenvalue weighted by Gasteiger charge is 2.19. The molecule has 0 bridgehead atoms. The zero-order valence-corrected chi connectivity index (χ0v) is 8.74. The molecule has 1 aromatic heterocycles. The first-order valence-corrected chi connectivity index (χ1v) is 4.83. The number of hydrogen-bond donors (Lipinski definition) is 2. The highest BCUT2D eigenvalue weighted by molar-refractivity contribution is 5.85. The summed E-state index contributed by atoms with van der Waals surface area (Å²) in [6, 6.07) is 7.27. The van der Waals surface area contributed by atoms with Crippen LogP contribution in [0.15, 0.2) is 35.3 Å². The quantitative estimate of drug-likeness (QED) is 0.742. The van der Waals surface area contributed by atoms with Gasteiger partial charge in [0.2, 0.25) is 0 Å². The van der Waals surface area contributed by atoms with Gasteiger partial charge in [0.05, 0.1) is 5.60 Å². The number of pyridine rings is 1. The first-order valence-electron chi connectivity index (χ1n) is 4.83. The van der Waals surface area contributed by atoms with Gasteiger partial charge in [-0.3, -0.25) is 4.79 Å². The van der Waals surface area contributed by atoms with Crippen molar-refractivity contribution in [1.29, 1.82) is 0 Å². The first kappa shape index (κ1) is 9.93. The summed E-state index contributed by atoms with van der Waals surface area (Å²) in [7, 11) is 0. The molecule has 78 valence electrons. The van der Waals surface area contributed by atoms with Gasteiger partial charge in [-0.15, -0.1) is 0 Å². The Morgan fingerprint density at radius 1 is 1.20 bits per heavy atom. The second kappa shape index (κ2) is 3.21. The van der Waals surface area contributed by atoms with Crippen LogP contribution >= 0.6 is 0 Å². The van der Waals surface area contributed by atoms with Crippen molar-refractivity contribution in [3.8, 4) is 0 Å². The van der Waals surface area contributed by atoms with Crippen molar-refractivity contribution in [2.75, 3.05) is 0 Å². The van der Waals surface area contributed by atoms with Crippen molar-refractivity contribution in [3.05, 3.63) is 46.4 Å². The molecule has 0 atom stereocenters. The SMILES string of the molecule is CC(C)(O)c1c[nH]c(=O)c2ccccc12. The molecule has 0 aliphatic carbocycles. The molecule has 2 aromatic rings. The van der Waals surface area contributed by atoms with Gasteiger partial charge in [0, 0.05) is 17.1 Å². The summed E-state index contributed by atoms with van der Waals surface area (Å²) in [5.41, 5.74) is -0.347. The molecule has 0 saturated carbocycles. The van der Waals surface area contributed by atoms with Crippen LogP contribution < -0.4 is 5.56 Å². The molecule has 3 heteroatoms. The number of nitrogens with one attached hydrogen (secondary N) is 1. The maximum Gasteiger partial charge on any atom is 0.255 e. The summed E-state index contributed by atoms with van der Waals surface area (Å²) in [4.78, 5) is 14.2. The predicted octanol–water partition coefficient (Wildman–Crippen LogP) is 1.76. The number of H-pyrrole nitrogens is 1. The highest BCUT2D eigenvalue weighted by Crippen LogP contribution is 2.25. The minimum absolute atomic E-state index is 0.126. The minimum atomic E-state index is -0.955. The third kappa shape index (κ3) is 1.66. The van der Waals surface area contributed by atoms with E-state index in [4.69, 9.17) is 0 Å². The van der Waals surface area contributed by atoms with Crippen LogP contribution in [0.5, 0.6) is 0 Å². The normalized spacial score (nSPS) is 11.9. The lowest BCUT2D eigenvalue weighted by Gasteiger charge is -2.19. The van der Waals surface area contributed by atoms with E-state index in [1.54, 1.807) is 26.1 Å². The molecule has 0 aliphatic rings. The number of aromatic amines is 1. The Kier molecular flexibility index (Phi) is 2.12. The van der Waals surface area contributed by atoms with Gasteiger partial charge in [0.25, 0.3) is 5.56 Å². The second-order valence-corrected chi connectivity index (χ2v) is 4.14. The van der Waals surface area contributed by atoms with Crippen LogP contribution in [0.25, 0.3) is 10.8 Å². The Morgan fingerprint density at radius 3 is 2.40 bits per heavy atom. The molecule has 0 amide bonds. The van der Waals surface area contributed by atoms with Crippen LogP contribution in [0.2, 0.25) is 0 Å². The number of aromatic nitrogens is 1. The topological polar surface area (TPSA) is 53.1 Å². The lowest BCUT2D eigenvalue weighted by molar-refractivity contribution is 0.0798. The van der Waals surface area contributed by atoms with E-state index in [1.807, 2.05) is 18.2 Å². The van der Waals surface area contributed by atoms with Crippen molar-refractivity contribution in [3.63, 3.8) is 0 Å². The number of rotatable bonds is 1. The zero-order valence-electron chi connectivity index (χ0n) is 8.74. The Labute approximate surface area is 87.4 Å². The molecule has 0 radical (unpaired) electrons. The Hall–Kier alpha value is -1.61. The molecule has 0 fully saturated rings. The van der Waals surface area contributed by atoms with E-state index < -0.39 is 5.60 Å². The minimum Gasteiger partial charge on any atom is -0.386 e. The number of aliphatic hydroxyl groups is 1. The van der Waals surface area contributed by atoms with E-state index in [0.717, 1.165) is 10.9 Å². The van der Waals surface area contributed by atoms with Crippen LogP contribution in [-0.2, 0) is 5.60 Å². The van der Waals surface area contributed by atoms with Crippen molar-refractivity contribution < 1.29 is 5.11 Å². The maximum absolute atomic E-state index is 11.5. The van der Waals surface area contributed by atoms with Gasteiger partial charge in [-0.25, -0.2) is 0 Å². The average Bonchev–Trinajstić information content (AvgIpc) is 2.17. The van der Waals surface area contributed by atoms with Crippen LogP contribution in [0.3, 0.4) is 0 Å². The molecule has 15 heavy (non-hydrogen) atoms. The summed E-state index contributed by atoms with van der Waals surface area (Å²) >= 11 is 0. The molecule has 3 nitrogen and oxygen atoms in total.